The van der Waals surface area contributed by atoms with Gasteiger partial charge in [-0.15, -0.1) is 0 Å². The minimum Gasteiger partial charge on any atom is -0.338 e. The van der Waals surface area contributed by atoms with Crippen molar-refractivity contribution in [2.75, 3.05) is 38.1 Å². The molecule has 2 atom stereocenters. The molecule has 1 saturated carbocycles. The smallest absolute Gasteiger partial charge is 0.226 e. The molecule has 2 aromatic rings. The van der Waals surface area contributed by atoms with E-state index in [2.05, 4.69) is 68.0 Å². The summed E-state index contributed by atoms with van der Waals surface area (Å²) in [4.78, 5) is 15.2. The summed E-state index contributed by atoms with van der Waals surface area (Å²) in [6.07, 6.45) is 2.50. The Morgan fingerprint density at radius 2 is 1.67 bits per heavy atom. The van der Waals surface area contributed by atoms with E-state index in [1.807, 2.05) is 0 Å². The molecule has 4 heteroatoms. The number of nitrogens with zero attached hydrogens (tertiary/aromatic N) is 4. The fourth-order valence-electron chi connectivity index (χ4n) is 5.60. The molecule has 2 bridgehead atoms. The van der Waals surface area contributed by atoms with Gasteiger partial charge in [0.15, 0.2) is 0 Å². The van der Waals surface area contributed by atoms with Gasteiger partial charge in [0.1, 0.15) is 0 Å². The SMILES string of the molecule is CN1CCN(c2nc(-c3ccccc3)c3c(n2)C2(C)CCC3C2(C)C)CC1. The first-order valence-electron chi connectivity index (χ1n) is 10.3. The molecule has 5 rings (SSSR count). The topological polar surface area (TPSA) is 32.3 Å². The van der Waals surface area contributed by atoms with Gasteiger partial charge in [-0.3, -0.25) is 0 Å². The minimum atomic E-state index is 0.154. The normalized spacial score (nSPS) is 29.2. The van der Waals surface area contributed by atoms with Crippen LogP contribution in [0.25, 0.3) is 11.3 Å². The highest BCUT2D eigenvalue weighted by atomic mass is 15.3. The molecule has 2 aliphatic carbocycles. The molecule has 2 heterocycles. The van der Waals surface area contributed by atoms with E-state index in [4.69, 9.17) is 9.97 Å². The van der Waals surface area contributed by atoms with Crippen LogP contribution in [0.1, 0.15) is 50.8 Å². The molecule has 0 radical (unpaired) electrons. The Balaban J connectivity index is 1.70. The minimum absolute atomic E-state index is 0.154. The Labute approximate surface area is 162 Å². The van der Waals surface area contributed by atoms with Crippen LogP contribution >= 0.6 is 0 Å². The molecule has 1 saturated heterocycles. The van der Waals surface area contributed by atoms with Crippen LogP contribution in [0.15, 0.2) is 30.3 Å². The number of likely N-dealkylation sites (N-methyl/N-ethyl adjacent to an activating group) is 1. The third kappa shape index (κ3) is 2.32. The number of anilines is 1. The second-order valence-electron chi connectivity index (χ2n) is 9.44. The molecule has 3 aliphatic rings. The van der Waals surface area contributed by atoms with Crippen molar-refractivity contribution in [1.82, 2.24) is 14.9 Å². The molecule has 2 fully saturated rings. The zero-order chi connectivity index (χ0) is 18.8. The molecule has 4 nitrogen and oxygen atoms in total. The number of piperazine rings is 1. The fourth-order valence-corrected chi connectivity index (χ4v) is 5.60. The lowest BCUT2D eigenvalue weighted by molar-refractivity contribution is 0.227. The van der Waals surface area contributed by atoms with Gasteiger partial charge in [-0.1, -0.05) is 51.1 Å². The van der Waals surface area contributed by atoms with Crippen LogP contribution < -0.4 is 4.90 Å². The number of hydrogen-bond acceptors (Lipinski definition) is 4. The molecule has 1 aromatic heterocycles. The molecule has 2 unspecified atom stereocenters. The average molecular weight is 363 g/mol. The van der Waals surface area contributed by atoms with Crippen molar-refractivity contribution >= 4 is 5.95 Å². The maximum atomic E-state index is 5.23. The molecular weight excluding hydrogens is 332 g/mol. The molecule has 0 N–H and O–H groups in total. The van der Waals surface area contributed by atoms with Crippen LogP contribution in [0.5, 0.6) is 0 Å². The zero-order valence-corrected chi connectivity index (χ0v) is 17.0. The summed E-state index contributed by atoms with van der Waals surface area (Å²) in [5.74, 6) is 1.50. The van der Waals surface area contributed by atoms with Crippen LogP contribution in [-0.2, 0) is 5.41 Å². The van der Waals surface area contributed by atoms with Gasteiger partial charge < -0.3 is 9.80 Å². The van der Waals surface area contributed by atoms with Crippen molar-refractivity contribution in [3.05, 3.63) is 41.6 Å². The van der Waals surface area contributed by atoms with Crippen LogP contribution in [0.3, 0.4) is 0 Å². The average Bonchev–Trinajstić information content (AvgIpc) is 3.01. The number of aromatic nitrogens is 2. The summed E-state index contributed by atoms with van der Waals surface area (Å²) in [6.45, 7) is 11.5. The Morgan fingerprint density at radius 1 is 0.963 bits per heavy atom. The van der Waals surface area contributed by atoms with E-state index in [1.165, 1.54) is 35.4 Å². The van der Waals surface area contributed by atoms with Crippen molar-refractivity contribution in [3.8, 4) is 11.3 Å². The summed E-state index contributed by atoms with van der Waals surface area (Å²) < 4.78 is 0. The van der Waals surface area contributed by atoms with E-state index >= 15 is 0 Å². The summed E-state index contributed by atoms with van der Waals surface area (Å²) in [5, 5.41) is 0. The van der Waals surface area contributed by atoms with Gasteiger partial charge in [0.25, 0.3) is 0 Å². The third-order valence-corrected chi connectivity index (χ3v) is 7.86. The largest absolute Gasteiger partial charge is 0.338 e. The van der Waals surface area contributed by atoms with Crippen molar-refractivity contribution < 1.29 is 0 Å². The van der Waals surface area contributed by atoms with Gasteiger partial charge in [0, 0.05) is 42.7 Å². The van der Waals surface area contributed by atoms with E-state index in [-0.39, 0.29) is 10.8 Å². The lowest BCUT2D eigenvalue weighted by Gasteiger charge is -2.35. The number of fused-ring (bicyclic) bond motifs is 5. The predicted octanol–water partition coefficient (Wildman–Crippen LogP) is 4.07. The Hall–Kier alpha value is -1.94. The molecule has 1 aromatic carbocycles. The fraction of sp³-hybridized carbons (Fsp3) is 0.565. The summed E-state index contributed by atoms with van der Waals surface area (Å²) in [6, 6.07) is 10.7. The molecule has 0 spiro atoms. The van der Waals surface area contributed by atoms with E-state index in [9.17, 15) is 0 Å². The Kier molecular flexibility index (Phi) is 3.68. The lowest BCUT2D eigenvalue weighted by atomic mass is 9.70. The van der Waals surface area contributed by atoms with Gasteiger partial charge in [0.2, 0.25) is 5.95 Å². The van der Waals surface area contributed by atoms with Gasteiger partial charge in [-0.05, 0) is 31.2 Å². The quantitative estimate of drug-likeness (QED) is 0.806. The highest BCUT2D eigenvalue weighted by Crippen LogP contribution is 2.68. The number of hydrogen-bond donors (Lipinski definition) is 0. The van der Waals surface area contributed by atoms with Gasteiger partial charge >= 0.3 is 0 Å². The van der Waals surface area contributed by atoms with Crippen molar-refractivity contribution in [2.45, 2.75) is 44.9 Å². The second kappa shape index (κ2) is 5.78. The standard InChI is InChI=1S/C23H30N4/c1-22(2)17-10-11-23(22,3)20-18(17)19(16-8-6-5-7-9-16)24-21(25-20)27-14-12-26(4)13-15-27/h5-9,17H,10-15H2,1-4H3. The first-order chi connectivity index (χ1) is 12.9. The van der Waals surface area contributed by atoms with Crippen molar-refractivity contribution in [3.63, 3.8) is 0 Å². The monoisotopic (exact) mass is 362 g/mol. The third-order valence-electron chi connectivity index (χ3n) is 7.86. The molecule has 142 valence electrons. The summed E-state index contributed by atoms with van der Waals surface area (Å²) in [7, 11) is 2.19. The second-order valence-corrected chi connectivity index (χ2v) is 9.44. The highest BCUT2D eigenvalue weighted by molar-refractivity contribution is 5.70. The van der Waals surface area contributed by atoms with E-state index in [0.29, 0.717) is 5.92 Å². The van der Waals surface area contributed by atoms with Gasteiger partial charge in [-0.2, -0.15) is 0 Å². The van der Waals surface area contributed by atoms with Gasteiger partial charge in [0.05, 0.1) is 11.4 Å². The van der Waals surface area contributed by atoms with E-state index < -0.39 is 0 Å². The van der Waals surface area contributed by atoms with Crippen molar-refractivity contribution in [1.29, 1.82) is 0 Å². The highest BCUT2D eigenvalue weighted by Gasteiger charge is 2.61. The van der Waals surface area contributed by atoms with Crippen LogP contribution in [0.2, 0.25) is 0 Å². The van der Waals surface area contributed by atoms with Gasteiger partial charge in [-0.25, -0.2) is 9.97 Å². The first kappa shape index (κ1) is 17.2. The number of benzene rings is 1. The lowest BCUT2D eigenvalue weighted by Crippen LogP contribution is -2.45. The first-order valence-corrected chi connectivity index (χ1v) is 10.3. The predicted molar refractivity (Wildman–Crippen MR) is 110 cm³/mol. The maximum Gasteiger partial charge on any atom is 0.226 e. The molecular formula is C23H30N4. The van der Waals surface area contributed by atoms with Crippen LogP contribution in [0.4, 0.5) is 5.95 Å². The molecule has 0 amide bonds. The summed E-state index contributed by atoms with van der Waals surface area (Å²) >= 11 is 0. The molecule has 27 heavy (non-hydrogen) atoms. The van der Waals surface area contributed by atoms with Crippen LogP contribution in [0, 0.1) is 5.41 Å². The summed E-state index contributed by atoms with van der Waals surface area (Å²) in [5.41, 5.74) is 5.56. The van der Waals surface area contributed by atoms with Crippen molar-refractivity contribution in [2.24, 2.45) is 5.41 Å². The zero-order valence-electron chi connectivity index (χ0n) is 17.0. The van der Waals surface area contributed by atoms with Crippen LogP contribution in [-0.4, -0.2) is 48.1 Å². The Bertz CT molecular complexity index is 867. The Morgan fingerprint density at radius 3 is 2.37 bits per heavy atom. The number of rotatable bonds is 2. The van der Waals surface area contributed by atoms with E-state index in [0.717, 1.165) is 32.1 Å². The molecule has 1 aliphatic heterocycles. The maximum absolute atomic E-state index is 5.23. The van der Waals surface area contributed by atoms with E-state index in [1.54, 1.807) is 0 Å².